The molecule has 2 aliphatic rings. The average molecular weight is 337 g/mol. The summed E-state index contributed by atoms with van der Waals surface area (Å²) in [4.78, 5) is 15.5. The van der Waals surface area contributed by atoms with E-state index in [4.69, 9.17) is 0 Å². The highest BCUT2D eigenvalue weighted by Gasteiger charge is 2.28. The zero-order valence-electron chi connectivity index (χ0n) is 14.3. The summed E-state index contributed by atoms with van der Waals surface area (Å²) < 4.78 is 0. The van der Waals surface area contributed by atoms with Crippen molar-refractivity contribution in [3.8, 4) is 0 Å². The minimum absolute atomic E-state index is 0.168. The molecule has 0 spiro atoms. The third-order valence-corrected chi connectivity index (χ3v) is 5.50. The van der Waals surface area contributed by atoms with Gasteiger partial charge in [-0.2, -0.15) is 0 Å². The fourth-order valence-corrected chi connectivity index (χ4v) is 4.20. The Bertz CT molecular complexity index is 769. The van der Waals surface area contributed by atoms with Crippen LogP contribution in [0, 0.1) is 10.1 Å². The lowest BCUT2D eigenvalue weighted by Crippen LogP contribution is -2.48. The van der Waals surface area contributed by atoms with Crippen LogP contribution < -0.4 is 4.90 Å². The molecule has 5 heteroatoms. The second kappa shape index (κ2) is 6.84. The molecule has 1 unspecified atom stereocenters. The van der Waals surface area contributed by atoms with Gasteiger partial charge in [0.1, 0.15) is 0 Å². The van der Waals surface area contributed by atoms with Gasteiger partial charge in [-0.1, -0.05) is 30.3 Å². The summed E-state index contributed by atoms with van der Waals surface area (Å²) in [5.74, 6) is 0. The lowest BCUT2D eigenvalue weighted by Gasteiger charge is -2.42. The molecule has 1 saturated heterocycles. The maximum Gasteiger partial charge on any atom is 0.271 e. The van der Waals surface area contributed by atoms with Crippen molar-refractivity contribution in [3.63, 3.8) is 0 Å². The first-order valence-electron chi connectivity index (χ1n) is 9.03. The summed E-state index contributed by atoms with van der Waals surface area (Å²) in [5.41, 5.74) is 4.12. The van der Waals surface area contributed by atoms with Crippen molar-refractivity contribution >= 4 is 11.4 Å². The summed E-state index contributed by atoms with van der Waals surface area (Å²) in [7, 11) is 0. The molecule has 0 aromatic heterocycles. The Labute approximate surface area is 148 Å². The molecule has 0 radical (unpaired) electrons. The van der Waals surface area contributed by atoms with Crippen LogP contribution in [0.25, 0.3) is 0 Å². The zero-order chi connectivity index (χ0) is 17.2. The summed E-state index contributed by atoms with van der Waals surface area (Å²) in [6, 6.07) is 16.3. The first kappa shape index (κ1) is 16.1. The van der Waals surface area contributed by atoms with Crippen molar-refractivity contribution in [1.29, 1.82) is 0 Å². The Kier molecular flexibility index (Phi) is 4.40. The van der Waals surface area contributed by atoms with Gasteiger partial charge < -0.3 is 4.90 Å². The molecular formula is C20H23N3O2. The number of non-ortho nitro benzene ring substituents is 1. The molecule has 1 heterocycles. The van der Waals surface area contributed by atoms with E-state index in [2.05, 4.69) is 34.1 Å². The Morgan fingerprint density at radius 2 is 1.80 bits per heavy atom. The van der Waals surface area contributed by atoms with E-state index >= 15 is 0 Å². The van der Waals surface area contributed by atoms with Crippen LogP contribution in [0.5, 0.6) is 0 Å². The number of nitrogens with zero attached hydrogens (tertiary/aromatic N) is 3. The third kappa shape index (κ3) is 3.24. The first-order valence-corrected chi connectivity index (χ1v) is 9.03. The van der Waals surface area contributed by atoms with Gasteiger partial charge in [-0.05, 0) is 36.5 Å². The number of nitro benzene ring substituents is 1. The lowest BCUT2D eigenvalue weighted by atomic mass is 9.86. The van der Waals surface area contributed by atoms with Gasteiger partial charge in [0.25, 0.3) is 5.69 Å². The molecular weight excluding hydrogens is 314 g/mol. The van der Waals surface area contributed by atoms with Crippen molar-refractivity contribution in [2.24, 2.45) is 0 Å². The molecule has 1 atom stereocenters. The minimum atomic E-state index is -0.321. The Morgan fingerprint density at radius 1 is 1.00 bits per heavy atom. The average Bonchev–Trinajstić information content (AvgIpc) is 2.68. The zero-order valence-corrected chi connectivity index (χ0v) is 14.3. The number of nitro groups is 1. The van der Waals surface area contributed by atoms with Crippen LogP contribution in [0.15, 0.2) is 48.5 Å². The fraction of sp³-hybridized carbons (Fsp3) is 0.400. The van der Waals surface area contributed by atoms with Crippen molar-refractivity contribution in [1.82, 2.24) is 4.90 Å². The lowest BCUT2D eigenvalue weighted by molar-refractivity contribution is -0.384. The van der Waals surface area contributed by atoms with Gasteiger partial charge >= 0.3 is 0 Å². The molecule has 25 heavy (non-hydrogen) atoms. The van der Waals surface area contributed by atoms with Gasteiger partial charge in [0.05, 0.1) is 4.92 Å². The number of aryl methyl sites for hydroxylation is 1. The number of anilines is 1. The SMILES string of the molecule is O=[N+]([O-])c1cccc(N2CCN(C3CCCc4ccccc43)CC2)c1. The van der Waals surface area contributed by atoms with E-state index in [-0.39, 0.29) is 10.6 Å². The molecule has 1 aliphatic heterocycles. The van der Waals surface area contributed by atoms with E-state index in [9.17, 15) is 10.1 Å². The molecule has 2 aromatic rings. The first-order chi connectivity index (χ1) is 12.2. The van der Waals surface area contributed by atoms with Crippen LogP contribution >= 0.6 is 0 Å². The number of hydrogen-bond acceptors (Lipinski definition) is 4. The van der Waals surface area contributed by atoms with Crippen molar-refractivity contribution in [2.75, 3.05) is 31.1 Å². The maximum atomic E-state index is 11.0. The summed E-state index contributed by atoms with van der Waals surface area (Å²) in [5, 5.41) is 11.0. The third-order valence-electron chi connectivity index (χ3n) is 5.50. The molecule has 1 fully saturated rings. The highest BCUT2D eigenvalue weighted by Crippen LogP contribution is 2.35. The summed E-state index contributed by atoms with van der Waals surface area (Å²) in [6.07, 6.45) is 3.68. The van der Waals surface area contributed by atoms with Gasteiger partial charge in [0, 0.05) is 50.0 Å². The molecule has 0 saturated carbocycles. The standard InChI is InChI=1S/C20H23N3O2/c24-23(25)18-8-4-7-17(15-18)21-11-13-22(14-12-21)20-10-3-6-16-5-1-2-9-19(16)20/h1-2,4-5,7-9,15,20H,3,6,10-14H2. The topological polar surface area (TPSA) is 49.6 Å². The van der Waals surface area contributed by atoms with E-state index in [1.54, 1.807) is 18.2 Å². The van der Waals surface area contributed by atoms with E-state index in [1.165, 1.54) is 30.4 Å². The number of piperazine rings is 1. The highest BCUT2D eigenvalue weighted by molar-refractivity contribution is 5.53. The van der Waals surface area contributed by atoms with E-state index in [0.29, 0.717) is 6.04 Å². The molecule has 0 bridgehead atoms. The minimum Gasteiger partial charge on any atom is -0.369 e. The predicted octanol–water partition coefficient (Wildman–Crippen LogP) is 3.79. The van der Waals surface area contributed by atoms with E-state index in [1.807, 2.05) is 6.07 Å². The van der Waals surface area contributed by atoms with Crippen LogP contribution in [0.4, 0.5) is 11.4 Å². The number of hydrogen-bond donors (Lipinski definition) is 0. The molecule has 5 nitrogen and oxygen atoms in total. The van der Waals surface area contributed by atoms with Crippen molar-refractivity contribution in [3.05, 3.63) is 69.8 Å². The summed E-state index contributed by atoms with van der Waals surface area (Å²) in [6.45, 7) is 3.84. The van der Waals surface area contributed by atoms with Crippen LogP contribution in [0.2, 0.25) is 0 Å². The largest absolute Gasteiger partial charge is 0.369 e. The van der Waals surface area contributed by atoms with Gasteiger partial charge in [-0.15, -0.1) is 0 Å². The molecule has 0 N–H and O–H groups in total. The molecule has 1 aliphatic carbocycles. The predicted molar refractivity (Wildman–Crippen MR) is 99.0 cm³/mol. The second-order valence-corrected chi connectivity index (χ2v) is 6.91. The number of rotatable bonds is 3. The molecule has 2 aromatic carbocycles. The van der Waals surface area contributed by atoms with Gasteiger partial charge in [-0.25, -0.2) is 0 Å². The molecule has 130 valence electrons. The molecule has 0 amide bonds. The normalized spacial score (nSPS) is 21.0. The Hall–Kier alpha value is -2.40. The van der Waals surface area contributed by atoms with Gasteiger partial charge in [-0.3, -0.25) is 15.0 Å². The van der Waals surface area contributed by atoms with Crippen molar-refractivity contribution in [2.45, 2.75) is 25.3 Å². The second-order valence-electron chi connectivity index (χ2n) is 6.91. The highest BCUT2D eigenvalue weighted by atomic mass is 16.6. The maximum absolute atomic E-state index is 11.0. The quantitative estimate of drug-likeness (QED) is 0.631. The van der Waals surface area contributed by atoms with Gasteiger partial charge in [0.2, 0.25) is 0 Å². The van der Waals surface area contributed by atoms with E-state index < -0.39 is 0 Å². The van der Waals surface area contributed by atoms with Gasteiger partial charge in [0.15, 0.2) is 0 Å². The summed E-state index contributed by atoms with van der Waals surface area (Å²) >= 11 is 0. The van der Waals surface area contributed by atoms with Crippen LogP contribution in [0.1, 0.15) is 30.0 Å². The number of fused-ring (bicyclic) bond motifs is 1. The molecule has 4 rings (SSSR count). The monoisotopic (exact) mass is 337 g/mol. The number of benzene rings is 2. The Morgan fingerprint density at radius 3 is 2.60 bits per heavy atom. The smallest absolute Gasteiger partial charge is 0.271 e. The fourth-order valence-electron chi connectivity index (χ4n) is 4.20. The van der Waals surface area contributed by atoms with Crippen molar-refractivity contribution < 1.29 is 4.92 Å². The van der Waals surface area contributed by atoms with E-state index in [0.717, 1.165) is 31.9 Å². The van der Waals surface area contributed by atoms with Crippen LogP contribution in [0.3, 0.4) is 0 Å². The van der Waals surface area contributed by atoms with Crippen LogP contribution in [-0.2, 0) is 6.42 Å². The van der Waals surface area contributed by atoms with Crippen LogP contribution in [-0.4, -0.2) is 36.0 Å². The Balaban J connectivity index is 1.46.